The van der Waals surface area contributed by atoms with Crippen LogP contribution in [-0.2, 0) is 9.73 Å². The van der Waals surface area contributed by atoms with Gasteiger partial charge in [-0.3, -0.25) is 0 Å². The van der Waals surface area contributed by atoms with Crippen molar-refractivity contribution in [1.82, 2.24) is 0 Å². The van der Waals surface area contributed by atoms with Crippen molar-refractivity contribution >= 4 is 9.73 Å². The third-order valence-corrected chi connectivity index (χ3v) is 8.34. The van der Waals surface area contributed by atoms with Gasteiger partial charge in [0.15, 0.2) is 0 Å². The Bertz CT molecular complexity index is 633. The normalized spacial score (nSPS) is 15.6. The third-order valence-electron chi connectivity index (χ3n) is 5.73. The van der Waals surface area contributed by atoms with E-state index in [4.69, 9.17) is 0 Å². The molecule has 0 heterocycles. The zero-order chi connectivity index (χ0) is 21.4. The monoisotopic (exact) mass is 423 g/mol. The van der Waals surface area contributed by atoms with E-state index in [1.165, 1.54) is 70.6 Å². The maximum Gasteiger partial charge on any atom is 0.0777 e. The van der Waals surface area contributed by atoms with Gasteiger partial charge in [-0.25, -0.2) is 8.57 Å². The highest BCUT2D eigenvalue weighted by atomic mass is 32.2. The summed E-state index contributed by atoms with van der Waals surface area (Å²) in [7, 11) is -0.962. The molecule has 0 aliphatic carbocycles. The zero-order valence-electron chi connectivity index (χ0n) is 19.2. The van der Waals surface area contributed by atoms with Gasteiger partial charge in [-0.1, -0.05) is 109 Å². The zero-order valence-corrected chi connectivity index (χ0v) is 20.0. The van der Waals surface area contributed by atoms with Crippen LogP contribution >= 0.6 is 0 Å². The fourth-order valence-corrected chi connectivity index (χ4v) is 5.98. The molecule has 0 aliphatic heterocycles. The quantitative estimate of drug-likeness (QED) is 0.266. The molecule has 0 fully saturated rings. The number of unbranched alkanes of at least 4 members (excludes halogenated alkanes) is 12. The first-order chi connectivity index (χ1) is 13.9. The van der Waals surface area contributed by atoms with Gasteiger partial charge in [0.25, 0.3) is 0 Å². The molecule has 0 saturated carbocycles. The maximum atomic E-state index is 13.2. The van der Waals surface area contributed by atoms with Crippen LogP contribution in [0.15, 0.2) is 39.6 Å². The Morgan fingerprint density at radius 1 is 0.828 bits per heavy atom. The number of aliphatic hydroxyl groups is 1. The molecule has 0 spiro atoms. The maximum absolute atomic E-state index is 13.2. The molecule has 29 heavy (non-hydrogen) atoms. The van der Waals surface area contributed by atoms with Crippen LogP contribution in [0.25, 0.3) is 0 Å². The first kappa shape index (κ1) is 26.2. The summed E-state index contributed by atoms with van der Waals surface area (Å²) >= 11 is 0. The molecule has 0 bridgehead atoms. The number of benzene rings is 1. The Morgan fingerprint density at radius 2 is 1.28 bits per heavy atom. The van der Waals surface area contributed by atoms with E-state index in [-0.39, 0.29) is 5.75 Å². The van der Waals surface area contributed by atoms with Crippen molar-refractivity contribution in [1.29, 1.82) is 0 Å². The van der Waals surface area contributed by atoms with Crippen LogP contribution < -0.4 is 0 Å². The average Bonchev–Trinajstić information content (AvgIpc) is 2.71. The fourth-order valence-electron chi connectivity index (χ4n) is 3.90. The fraction of sp³-hybridized carbons (Fsp3) is 0.760. The Hall–Kier alpha value is -0.870. The lowest BCUT2D eigenvalue weighted by Gasteiger charge is -2.25. The predicted molar refractivity (Wildman–Crippen MR) is 127 cm³/mol. The summed E-state index contributed by atoms with van der Waals surface area (Å²) in [4.78, 5) is 0.716. The van der Waals surface area contributed by atoms with Gasteiger partial charge in [0.2, 0.25) is 0 Å². The molecule has 2 unspecified atom stereocenters. The summed E-state index contributed by atoms with van der Waals surface area (Å²) in [6.45, 7) is 4.08. The molecule has 1 aromatic carbocycles. The van der Waals surface area contributed by atoms with Crippen molar-refractivity contribution in [2.24, 2.45) is 4.36 Å². The smallest absolute Gasteiger partial charge is 0.0777 e. The van der Waals surface area contributed by atoms with Gasteiger partial charge in [-0.15, -0.1) is 0 Å². The molecule has 3 nitrogen and oxygen atoms in total. The SMILES string of the molecule is CCCCCCCCCCCCCCCC(C)(O)CS(=O)(=NC)c1ccccc1. The first-order valence-corrected chi connectivity index (χ1v) is 13.5. The highest BCUT2D eigenvalue weighted by Gasteiger charge is 2.27. The lowest BCUT2D eigenvalue weighted by molar-refractivity contribution is 0.0718. The number of hydrogen-bond acceptors (Lipinski definition) is 3. The van der Waals surface area contributed by atoms with E-state index in [2.05, 4.69) is 11.3 Å². The first-order valence-electron chi connectivity index (χ1n) is 11.8. The molecule has 1 aromatic rings. The van der Waals surface area contributed by atoms with E-state index in [1.54, 1.807) is 14.0 Å². The standard InChI is InChI=1S/C25H45NO2S/c1-4-5-6-7-8-9-10-11-12-13-14-15-19-22-25(2,27)23-29(28,26-3)24-20-17-16-18-21-24/h16-18,20-21,27H,4-15,19,22-23H2,1-3H3. The van der Waals surface area contributed by atoms with Crippen molar-refractivity contribution in [3.05, 3.63) is 30.3 Å². The van der Waals surface area contributed by atoms with Gasteiger partial charge in [0, 0.05) is 11.9 Å². The largest absolute Gasteiger partial charge is 0.389 e. The lowest BCUT2D eigenvalue weighted by atomic mass is 9.99. The van der Waals surface area contributed by atoms with Crippen molar-refractivity contribution < 1.29 is 9.32 Å². The van der Waals surface area contributed by atoms with Crippen LogP contribution in [0.1, 0.15) is 104 Å². The molecular formula is C25H45NO2S. The van der Waals surface area contributed by atoms with Gasteiger partial charge in [0.05, 0.1) is 21.1 Å². The van der Waals surface area contributed by atoms with E-state index < -0.39 is 15.3 Å². The summed E-state index contributed by atoms with van der Waals surface area (Å²) in [5.74, 6) is 0.207. The van der Waals surface area contributed by atoms with Gasteiger partial charge < -0.3 is 5.11 Å². The molecule has 0 radical (unpaired) electrons. The van der Waals surface area contributed by atoms with E-state index >= 15 is 0 Å². The van der Waals surface area contributed by atoms with Crippen LogP contribution in [0.4, 0.5) is 0 Å². The van der Waals surface area contributed by atoms with Crippen molar-refractivity contribution in [3.8, 4) is 0 Å². The van der Waals surface area contributed by atoms with Crippen molar-refractivity contribution in [2.75, 3.05) is 12.8 Å². The van der Waals surface area contributed by atoms with Gasteiger partial charge >= 0.3 is 0 Å². The van der Waals surface area contributed by atoms with E-state index in [1.807, 2.05) is 30.3 Å². The van der Waals surface area contributed by atoms with Crippen molar-refractivity contribution in [3.63, 3.8) is 0 Å². The van der Waals surface area contributed by atoms with Crippen LogP contribution in [0.3, 0.4) is 0 Å². The molecule has 0 aromatic heterocycles. The molecular weight excluding hydrogens is 378 g/mol. The van der Waals surface area contributed by atoms with Crippen LogP contribution in [-0.4, -0.2) is 27.7 Å². The molecule has 2 atom stereocenters. The van der Waals surface area contributed by atoms with Gasteiger partial charge in [-0.05, 0) is 25.5 Å². The van der Waals surface area contributed by atoms with Gasteiger partial charge in [0.1, 0.15) is 0 Å². The van der Waals surface area contributed by atoms with Crippen LogP contribution in [0, 0.1) is 0 Å². The summed E-state index contributed by atoms with van der Waals surface area (Å²) < 4.78 is 17.3. The molecule has 168 valence electrons. The summed E-state index contributed by atoms with van der Waals surface area (Å²) in [5, 5.41) is 10.8. The molecule has 0 aliphatic rings. The highest BCUT2D eigenvalue weighted by Crippen LogP contribution is 2.23. The Kier molecular flexibility index (Phi) is 13.5. The lowest BCUT2D eigenvalue weighted by Crippen LogP contribution is -2.33. The van der Waals surface area contributed by atoms with Crippen LogP contribution in [0.5, 0.6) is 0 Å². The summed E-state index contributed by atoms with van der Waals surface area (Å²) in [6, 6.07) is 9.35. The minimum absolute atomic E-state index is 0.207. The van der Waals surface area contributed by atoms with Crippen molar-refractivity contribution in [2.45, 2.75) is 114 Å². The molecule has 4 heteroatoms. The van der Waals surface area contributed by atoms with Crippen LogP contribution in [0.2, 0.25) is 0 Å². The Morgan fingerprint density at radius 3 is 1.72 bits per heavy atom. The second-order valence-electron chi connectivity index (χ2n) is 8.77. The second kappa shape index (κ2) is 15.0. The minimum Gasteiger partial charge on any atom is -0.389 e. The topological polar surface area (TPSA) is 49.7 Å². The average molecular weight is 424 g/mol. The number of hydrogen-bond donors (Lipinski definition) is 1. The molecule has 1 rings (SSSR count). The highest BCUT2D eigenvalue weighted by molar-refractivity contribution is 7.93. The van der Waals surface area contributed by atoms with E-state index in [0.717, 1.165) is 12.8 Å². The summed E-state index contributed by atoms with van der Waals surface area (Å²) in [6.07, 6.45) is 17.8. The molecule has 0 saturated heterocycles. The number of nitrogens with zero attached hydrogens (tertiary/aromatic N) is 1. The molecule has 1 N–H and O–H groups in total. The van der Waals surface area contributed by atoms with E-state index in [0.29, 0.717) is 11.3 Å². The third kappa shape index (κ3) is 11.8. The predicted octanol–water partition coefficient (Wildman–Crippen LogP) is 7.38. The number of rotatable bonds is 17. The Balaban J connectivity index is 2.14. The minimum atomic E-state index is -2.56. The summed E-state index contributed by atoms with van der Waals surface area (Å²) in [5.41, 5.74) is -0.940. The Labute approximate surface area is 180 Å². The molecule has 0 amide bonds. The van der Waals surface area contributed by atoms with E-state index in [9.17, 15) is 9.32 Å². The van der Waals surface area contributed by atoms with Gasteiger partial charge in [-0.2, -0.15) is 0 Å². The second-order valence-corrected chi connectivity index (χ2v) is 11.2.